The summed E-state index contributed by atoms with van der Waals surface area (Å²) >= 11 is 0. The van der Waals surface area contributed by atoms with Crippen molar-refractivity contribution in [2.45, 2.75) is 25.5 Å². The highest BCUT2D eigenvalue weighted by Crippen LogP contribution is 2.27. The van der Waals surface area contributed by atoms with E-state index in [-0.39, 0.29) is 11.9 Å². The summed E-state index contributed by atoms with van der Waals surface area (Å²) in [6.45, 7) is 1.40. The van der Waals surface area contributed by atoms with Crippen LogP contribution < -0.4 is 10.1 Å². The van der Waals surface area contributed by atoms with Gasteiger partial charge in [0, 0.05) is 6.04 Å². The molecule has 104 valence electrons. The summed E-state index contributed by atoms with van der Waals surface area (Å²) in [6.07, 6.45) is 2.22. The van der Waals surface area contributed by atoms with E-state index in [1.807, 2.05) is 36.4 Å². The summed E-state index contributed by atoms with van der Waals surface area (Å²) in [5.74, 6) is 0.0303. The summed E-state index contributed by atoms with van der Waals surface area (Å²) < 4.78 is 19.6. The predicted molar refractivity (Wildman–Crippen MR) is 77.2 cm³/mol. The molecule has 2 nitrogen and oxygen atoms in total. The molecule has 1 atom stereocenters. The summed E-state index contributed by atoms with van der Waals surface area (Å²) in [4.78, 5) is 0. The summed E-state index contributed by atoms with van der Waals surface area (Å²) in [6, 6.07) is 15.3. The quantitative estimate of drug-likeness (QED) is 0.912. The Morgan fingerprint density at radius 2 is 2.00 bits per heavy atom. The minimum absolute atomic E-state index is 0.285. The van der Waals surface area contributed by atoms with Crippen LogP contribution in [0.5, 0.6) is 5.75 Å². The van der Waals surface area contributed by atoms with E-state index < -0.39 is 0 Å². The number of benzene rings is 2. The van der Waals surface area contributed by atoms with Gasteiger partial charge in [-0.2, -0.15) is 0 Å². The van der Waals surface area contributed by atoms with Gasteiger partial charge in [0.1, 0.15) is 6.61 Å². The van der Waals surface area contributed by atoms with Crippen molar-refractivity contribution in [3.05, 3.63) is 65.5 Å². The van der Waals surface area contributed by atoms with E-state index in [0.29, 0.717) is 12.4 Å². The van der Waals surface area contributed by atoms with Gasteiger partial charge in [0.15, 0.2) is 11.6 Å². The minimum Gasteiger partial charge on any atom is -0.486 e. The molecule has 1 N–H and O–H groups in total. The lowest BCUT2D eigenvalue weighted by Crippen LogP contribution is -2.13. The average Bonchev–Trinajstić information content (AvgIpc) is 3.01. The second-order valence-electron chi connectivity index (χ2n) is 5.11. The topological polar surface area (TPSA) is 21.3 Å². The van der Waals surface area contributed by atoms with Gasteiger partial charge in [0.25, 0.3) is 0 Å². The first-order chi connectivity index (χ1) is 9.83. The van der Waals surface area contributed by atoms with E-state index in [9.17, 15) is 4.39 Å². The van der Waals surface area contributed by atoms with Gasteiger partial charge in [-0.25, -0.2) is 4.39 Å². The Morgan fingerprint density at radius 1 is 1.15 bits per heavy atom. The van der Waals surface area contributed by atoms with Crippen LogP contribution in [0.3, 0.4) is 0 Å². The van der Waals surface area contributed by atoms with Crippen molar-refractivity contribution in [2.24, 2.45) is 0 Å². The highest BCUT2D eigenvalue weighted by atomic mass is 19.1. The Kier molecular flexibility index (Phi) is 3.97. The van der Waals surface area contributed by atoms with Gasteiger partial charge in [-0.1, -0.05) is 36.4 Å². The lowest BCUT2D eigenvalue weighted by atomic mass is 10.1. The van der Waals surface area contributed by atoms with Gasteiger partial charge >= 0.3 is 0 Å². The first-order valence-corrected chi connectivity index (χ1v) is 7.02. The van der Waals surface area contributed by atoms with Gasteiger partial charge in [0.05, 0.1) is 0 Å². The molecule has 0 aromatic heterocycles. The maximum absolute atomic E-state index is 14.1. The third kappa shape index (κ3) is 2.99. The third-order valence-corrected chi connectivity index (χ3v) is 3.66. The molecule has 3 rings (SSSR count). The highest BCUT2D eigenvalue weighted by Gasteiger charge is 2.17. The van der Waals surface area contributed by atoms with Gasteiger partial charge in [-0.3, -0.25) is 0 Å². The number of nitrogens with one attached hydrogen (secondary N) is 1. The second-order valence-corrected chi connectivity index (χ2v) is 5.11. The monoisotopic (exact) mass is 271 g/mol. The van der Waals surface area contributed by atoms with Crippen molar-refractivity contribution < 1.29 is 9.13 Å². The molecule has 2 aromatic carbocycles. The maximum Gasteiger partial charge on any atom is 0.165 e. The van der Waals surface area contributed by atoms with Crippen LogP contribution in [0.2, 0.25) is 0 Å². The number of rotatable bonds is 4. The zero-order chi connectivity index (χ0) is 13.8. The van der Waals surface area contributed by atoms with Crippen LogP contribution in [0.1, 0.15) is 30.0 Å². The molecule has 0 aliphatic carbocycles. The van der Waals surface area contributed by atoms with Crippen LogP contribution in [0, 0.1) is 5.82 Å². The van der Waals surface area contributed by atoms with E-state index in [2.05, 4.69) is 5.32 Å². The van der Waals surface area contributed by atoms with E-state index in [1.165, 1.54) is 0 Å². The molecule has 1 aliphatic rings. The molecular formula is C17H18FNO. The van der Waals surface area contributed by atoms with Crippen LogP contribution in [0.15, 0.2) is 48.5 Å². The van der Waals surface area contributed by atoms with Gasteiger partial charge in [-0.15, -0.1) is 0 Å². The zero-order valence-electron chi connectivity index (χ0n) is 11.3. The van der Waals surface area contributed by atoms with E-state index in [4.69, 9.17) is 4.74 Å². The van der Waals surface area contributed by atoms with Crippen molar-refractivity contribution in [3.8, 4) is 5.75 Å². The molecular weight excluding hydrogens is 253 g/mol. The Hall–Kier alpha value is -1.87. The standard InChI is InChI=1S/C17H18FNO/c18-15-11-14(16-7-4-10-19-16)8-9-17(15)20-12-13-5-2-1-3-6-13/h1-3,5-6,8-9,11,16,19H,4,7,10,12H2. The summed E-state index contributed by atoms with van der Waals surface area (Å²) in [5, 5.41) is 3.37. The normalized spacial score (nSPS) is 18.1. The van der Waals surface area contributed by atoms with Crippen molar-refractivity contribution in [3.63, 3.8) is 0 Å². The SMILES string of the molecule is Fc1cc(C2CCCN2)ccc1OCc1ccccc1. The lowest BCUT2D eigenvalue weighted by molar-refractivity contribution is 0.290. The van der Waals surface area contributed by atoms with Crippen molar-refractivity contribution in [1.82, 2.24) is 5.32 Å². The molecule has 0 radical (unpaired) electrons. The fraction of sp³-hybridized carbons (Fsp3) is 0.294. The first-order valence-electron chi connectivity index (χ1n) is 7.02. The fourth-order valence-electron chi connectivity index (χ4n) is 2.56. The van der Waals surface area contributed by atoms with Gasteiger partial charge in [0.2, 0.25) is 0 Å². The summed E-state index contributed by atoms with van der Waals surface area (Å²) in [7, 11) is 0. The predicted octanol–water partition coefficient (Wildman–Crippen LogP) is 3.83. The van der Waals surface area contributed by atoms with Crippen LogP contribution in [-0.4, -0.2) is 6.54 Å². The van der Waals surface area contributed by atoms with Gasteiger partial charge in [-0.05, 0) is 42.6 Å². The van der Waals surface area contributed by atoms with Crippen molar-refractivity contribution in [1.29, 1.82) is 0 Å². The van der Waals surface area contributed by atoms with Crippen molar-refractivity contribution in [2.75, 3.05) is 6.54 Å². The Balaban J connectivity index is 1.68. The molecule has 0 amide bonds. The zero-order valence-corrected chi connectivity index (χ0v) is 11.3. The van der Waals surface area contributed by atoms with E-state index >= 15 is 0 Å². The average molecular weight is 271 g/mol. The Bertz CT molecular complexity index is 564. The molecule has 0 bridgehead atoms. The molecule has 0 spiro atoms. The maximum atomic E-state index is 14.1. The molecule has 1 heterocycles. The molecule has 3 heteroatoms. The summed E-state index contributed by atoms with van der Waals surface area (Å²) in [5.41, 5.74) is 2.04. The Morgan fingerprint density at radius 3 is 2.70 bits per heavy atom. The molecule has 0 saturated carbocycles. The van der Waals surface area contributed by atoms with Crippen LogP contribution in [0.4, 0.5) is 4.39 Å². The first kappa shape index (κ1) is 13.1. The molecule has 1 aliphatic heterocycles. The van der Waals surface area contributed by atoms with Crippen LogP contribution >= 0.6 is 0 Å². The second kappa shape index (κ2) is 6.06. The molecule has 1 unspecified atom stereocenters. The Labute approximate surface area is 118 Å². The lowest BCUT2D eigenvalue weighted by Gasteiger charge is -2.13. The largest absolute Gasteiger partial charge is 0.486 e. The molecule has 1 saturated heterocycles. The number of hydrogen-bond donors (Lipinski definition) is 1. The van der Waals surface area contributed by atoms with Crippen LogP contribution in [0.25, 0.3) is 0 Å². The number of halogens is 1. The third-order valence-electron chi connectivity index (χ3n) is 3.66. The van der Waals surface area contributed by atoms with Crippen LogP contribution in [-0.2, 0) is 6.61 Å². The molecule has 2 aromatic rings. The number of ether oxygens (including phenoxy) is 1. The molecule has 1 fully saturated rings. The molecule has 20 heavy (non-hydrogen) atoms. The van der Waals surface area contributed by atoms with E-state index in [1.54, 1.807) is 12.1 Å². The fourth-order valence-corrected chi connectivity index (χ4v) is 2.56. The number of hydrogen-bond acceptors (Lipinski definition) is 2. The minimum atomic E-state index is -0.285. The van der Waals surface area contributed by atoms with Crippen molar-refractivity contribution >= 4 is 0 Å². The van der Waals surface area contributed by atoms with E-state index in [0.717, 1.165) is 30.5 Å². The van der Waals surface area contributed by atoms with Gasteiger partial charge < -0.3 is 10.1 Å². The highest BCUT2D eigenvalue weighted by molar-refractivity contribution is 5.31. The smallest absolute Gasteiger partial charge is 0.165 e.